The molecule has 164 valence electrons. The number of hydrogen-bond acceptors (Lipinski definition) is 3. The summed E-state index contributed by atoms with van der Waals surface area (Å²) >= 11 is 0. The van der Waals surface area contributed by atoms with Crippen molar-refractivity contribution in [1.82, 2.24) is 15.5 Å². The van der Waals surface area contributed by atoms with Gasteiger partial charge in [0.1, 0.15) is 5.82 Å². The van der Waals surface area contributed by atoms with Gasteiger partial charge in [-0.1, -0.05) is 30.3 Å². The molecule has 2 fully saturated rings. The van der Waals surface area contributed by atoms with Crippen molar-refractivity contribution in [1.29, 1.82) is 0 Å². The molecule has 2 aromatic rings. The Morgan fingerprint density at radius 3 is 2.42 bits per heavy atom. The molecular formula is C24H30FN5O. The summed E-state index contributed by atoms with van der Waals surface area (Å²) in [7, 11) is 1.69. The number of carbonyl (C=O) groups is 1. The van der Waals surface area contributed by atoms with Gasteiger partial charge >= 0.3 is 0 Å². The highest BCUT2D eigenvalue weighted by Crippen LogP contribution is 2.47. The first-order valence-corrected chi connectivity index (χ1v) is 10.9. The predicted molar refractivity (Wildman–Crippen MR) is 122 cm³/mol. The molecule has 4 rings (SSSR count). The van der Waals surface area contributed by atoms with Crippen molar-refractivity contribution < 1.29 is 9.18 Å². The third kappa shape index (κ3) is 5.16. The third-order valence-corrected chi connectivity index (χ3v) is 6.27. The first-order chi connectivity index (χ1) is 15.1. The van der Waals surface area contributed by atoms with E-state index in [9.17, 15) is 9.18 Å². The summed E-state index contributed by atoms with van der Waals surface area (Å²) in [4.78, 5) is 21.1. The van der Waals surface area contributed by atoms with Crippen molar-refractivity contribution in [2.75, 3.05) is 51.2 Å². The topological polar surface area (TPSA) is 60.0 Å². The number of halogens is 1. The summed E-state index contributed by atoms with van der Waals surface area (Å²) in [5.74, 6) is 0.463. The molecule has 7 heteroatoms. The van der Waals surface area contributed by atoms with Gasteiger partial charge in [0.05, 0.1) is 6.54 Å². The van der Waals surface area contributed by atoms with Crippen LogP contribution < -0.4 is 15.5 Å². The van der Waals surface area contributed by atoms with Crippen LogP contribution in [-0.4, -0.2) is 63.1 Å². The molecule has 0 spiro atoms. The van der Waals surface area contributed by atoms with Gasteiger partial charge in [0.2, 0.25) is 5.91 Å². The SMILES string of the molecule is CN=C(NCC(=O)N1CCN(c2ccccc2)CC1)NCC1(c2cccc(F)c2)CC1. The quantitative estimate of drug-likeness (QED) is 0.553. The summed E-state index contributed by atoms with van der Waals surface area (Å²) in [6.45, 7) is 3.96. The Bertz CT molecular complexity index is 921. The number of guanidine groups is 1. The maximum atomic E-state index is 13.6. The van der Waals surface area contributed by atoms with Crippen molar-refractivity contribution in [2.24, 2.45) is 4.99 Å². The Morgan fingerprint density at radius 1 is 1.03 bits per heavy atom. The van der Waals surface area contributed by atoms with E-state index in [1.165, 1.54) is 11.8 Å². The first-order valence-electron chi connectivity index (χ1n) is 10.9. The molecule has 0 atom stereocenters. The van der Waals surface area contributed by atoms with Crippen molar-refractivity contribution in [3.8, 4) is 0 Å². The third-order valence-electron chi connectivity index (χ3n) is 6.27. The first kappa shape index (κ1) is 21.2. The van der Waals surface area contributed by atoms with Crippen LogP contribution in [0.3, 0.4) is 0 Å². The second kappa shape index (κ2) is 9.37. The van der Waals surface area contributed by atoms with E-state index in [1.54, 1.807) is 19.2 Å². The van der Waals surface area contributed by atoms with E-state index in [4.69, 9.17) is 0 Å². The summed E-state index contributed by atoms with van der Waals surface area (Å²) < 4.78 is 13.6. The van der Waals surface area contributed by atoms with E-state index in [0.29, 0.717) is 25.6 Å². The zero-order chi connectivity index (χ0) is 21.7. The molecule has 0 radical (unpaired) electrons. The van der Waals surface area contributed by atoms with Gasteiger partial charge in [-0.05, 0) is 42.7 Å². The van der Waals surface area contributed by atoms with Crippen LogP contribution in [0.1, 0.15) is 18.4 Å². The number of rotatable bonds is 6. The summed E-state index contributed by atoms with van der Waals surface area (Å²) in [6, 6.07) is 17.1. The van der Waals surface area contributed by atoms with E-state index >= 15 is 0 Å². The average Bonchev–Trinajstić information content (AvgIpc) is 3.61. The van der Waals surface area contributed by atoms with Gasteiger partial charge in [0, 0.05) is 50.9 Å². The van der Waals surface area contributed by atoms with Gasteiger partial charge in [-0.25, -0.2) is 4.39 Å². The second-order valence-corrected chi connectivity index (χ2v) is 8.27. The molecule has 2 aromatic carbocycles. The number of nitrogens with one attached hydrogen (secondary N) is 2. The van der Waals surface area contributed by atoms with Gasteiger partial charge in [-0.3, -0.25) is 9.79 Å². The van der Waals surface area contributed by atoms with Crippen LogP contribution in [0.4, 0.5) is 10.1 Å². The number of benzene rings is 2. The van der Waals surface area contributed by atoms with Crippen molar-refractivity contribution >= 4 is 17.6 Å². The normalized spacial score (nSPS) is 17.9. The largest absolute Gasteiger partial charge is 0.368 e. The van der Waals surface area contributed by atoms with E-state index in [-0.39, 0.29) is 23.7 Å². The number of para-hydroxylation sites is 1. The lowest BCUT2D eigenvalue weighted by Crippen LogP contribution is -2.52. The number of amides is 1. The molecule has 0 bridgehead atoms. The molecule has 1 aliphatic heterocycles. The van der Waals surface area contributed by atoms with E-state index in [2.05, 4.69) is 32.7 Å². The van der Waals surface area contributed by atoms with Crippen LogP contribution in [0.2, 0.25) is 0 Å². The highest BCUT2D eigenvalue weighted by atomic mass is 19.1. The van der Waals surface area contributed by atoms with Gasteiger partial charge in [-0.2, -0.15) is 0 Å². The molecule has 2 N–H and O–H groups in total. The Labute approximate surface area is 183 Å². The molecule has 1 saturated carbocycles. The number of aliphatic imine (C=N–C) groups is 1. The Morgan fingerprint density at radius 2 is 1.77 bits per heavy atom. The predicted octanol–water partition coefficient (Wildman–Crippen LogP) is 2.37. The molecule has 2 aliphatic rings. The Balaban J connectivity index is 1.22. The fraction of sp³-hybridized carbons (Fsp3) is 0.417. The van der Waals surface area contributed by atoms with Crippen molar-refractivity contribution in [2.45, 2.75) is 18.3 Å². The molecule has 6 nitrogen and oxygen atoms in total. The molecule has 1 saturated heterocycles. The van der Waals surface area contributed by atoms with Crippen LogP contribution >= 0.6 is 0 Å². The fourth-order valence-electron chi connectivity index (χ4n) is 4.13. The molecule has 1 aliphatic carbocycles. The standard InChI is InChI=1S/C24H30FN5O/c1-26-23(28-18-24(10-11-24)19-6-5-7-20(25)16-19)27-17-22(31)30-14-12-29(13-15-30)21-8-3-2-4-9-21/h2-9,16H,10-15,17-18H2,1H3,(H2,26,27,28). The number of nitrogens with zero attached hydrogens (tertiary/aromatic N) is 3. The summed E-state index contributed by atoms with van der Waals surface area (Å²) in [6.07, 6.45) is 2.04. The maximum absolute atomic E-state index is 13.6. The highest BCUT2D eigenvalue weighted by Gasteiger charge is 2.44. The van der Waals surface area contributed by atoms with Crippen LogP contribution in [-0.2, 0) is 10.2 Å². The Kier molecular flexibility index (Phi) is 6.39. The molecule has 1 amide bonds. The lowest BCUT2D eigenvalue weighted by molar-refractivity contribution is -0.130. The van der Waals surface area contributed by atoms with Gasteiger partial charge in [-0.15, -0.1) is 0 Å². The lowest BCUT2D eigenvalue weighted by atomic mass is 9.96. The molecule has 0 unspecified atom stereocenters. The zero-order valence-corrected chi connectivity index (χ0v) is 18.0. The number of hydrogen-bond donors (Lipinski definition) is 2. The van der Waals surface area contributed by atoms with Crippen LogP contribution in [0, 0.1) is 5.82 Å². The van der Waals surface area contributed by atoms with Crippen LogP contribution in [0.25, 0.3) is 0 Å². The van der Waals surface area contributed by atoms with Crippen LogP contribution in [0.15, 0.2) is 59.6 Å². The highest BCUT2D eigenvalue weighted by molar-refractivity contribution is 5.86. The van der Waals surface area contributed by atoms with Crippen molar-refractivity contribution in [3.05, 3.63) is 66.0 Å². The maximum Gasteiger partial charge on any atom is 0.242 e. The number of piperazine rings is 1. The fourth-order valence-corrected chi connectivity index (χ4v) is 4.13. The average molecular weight is 424 g/mol. The lowest BCUT2D eigenvalue weighted by Gasteiger charge is -2.36. The summed E-state index contributed by atoms with van der Waals surface area (Å²) in [5, 5.41) is 6.45. The number of carbonyl (C=O) groups excluding carboxylic acids is 1. The van der Waals surface area contributed by atoms with E-state index in [0.717, 1.165) is 31.5 Å². The number of anilines is 1. The smallest absolute Gasteiger partial charge is 0.242 e. The van der Waals surface area contributed by atoms with Crippen LogP contribution in [0.5, 0.6) is 0 Å². The molecule has 31 heavy (non-hydrogen) atoms. The van der Waals surface area contributed by atoms with E-state index < -0.39 is 0 Å². The van der Waals surface area contributed by atoms with E-state index in [1.807, 2.05) is 29.2 Å². The second-order valence-electron chi connectivity index (χ2n) is 8.27. The molecular weight excluding hydrogens is 393 g/mol. The monoisotopic (exact) mass is 423 g/mol. The molecule has 0 aromatic heterocycles. The minimum atomic E-state index is -0.204. The molecule has 1 heterocycles. The Hall–Kier alpha value is -3.09. The minimum Gasteiger partial charge on any atom is -0.368 e. The minimum absolute atomic E-state index is 0.0442. The van der Waals surface area contributed by atoms with Crippen molar-refractivity contribution in [3.63, 3.8) is 0 Å². The summed E-state index contributed by atoms with van der Waals surface area (Å²) in [5.41, 5.74) is 2.17. The van der Waals surface area contributed by atoms with Gasteiger partial charge in [0.25, 0.3) is 0 Å². The zero-order valence-electron chi connectivity index (χ0n) is 18.0. The van der Waals surface area contributed by atoms with Gasteiger partial charge in [0.15, 0.2) is 5.96 Å². The van der Waals surface area contributed by atoms with Gasteiger partial charge < -0.3 is 20.4 Å².